The summed E-state index contributed by atoms with van der Waals surface area (Å²) in [6, 6.07) is 6.18. The molecule has 0 saturated heterocycles. The van der Waals surface area contributed by atoms with Crippen molar-refractivity contribution in [2.75, 3.05) is 17.7 Å². The number of nitrogens with one attached hydrogen (secondary N) is 1. The molecule has 1 aromatic heterocycles. The molecule has 0 atom stereocenters. The van der Waals surface area contributed by atoms with Crippen molar-refractivity contribution in [3.63, 3.8) is 0 Å². The minimum Gasteiger partial charge on any atom is -0.504 e. The van der Waals surface area contributed by atoms with Crippen LogP contribution >= 0.6 is 11.5 Å². The van der Waals surface area contributed by atoms with Crippen molar-refractivity contribution in [1.29, 1.82) is 5.26 Å². The summed E-state index contributed by atoms with van der Waals surface area (Å²) in [6.07, 6.45) is 1.31. The van der Waals surface area contributed by atoms with E-state index in [2.05, 4.69) is 14.7 Å². The van der Waals surface area contributed by atoms with E-state index in [0.717, 1.165) is 0 Å². The SMILES string of the molecule is CCOc1cc(C=C(C#N)C(=O)Nc2nc(S(=O)(=O)CC(C)C)ns2)ccc1O. The minimum absolute atomic E-state index is 0.0285. The molecule has 0 radical (unpaired) electrons. The van der Waals surface area contributed by atoms with Gasteiger partial charge in [-0.15, -0.1) is 0 Å². The van der Waals surface area contributed by atoms with Crippen LogP contribution in [0.15, 0.2) is 28.9 Å². The van der Waals surface area contributed by atoms with E-state index in [4.69, 9.17) is 4.74 Å². The number of hydrogen-bond acceptors (Lipinski definition) is 9. The lowest BCUT2D eigenvalue weighted by Gasteiger charge is -2.06. The molecule has 0 fully saturated rings. The third-order valence-electron chi connectivity index (χ3n) is 3.42. The summed E-state index contributed by atoms with van der Waals surface area (Å²) in [5, 5.41) is 21.0. The molecule has 0 aliphatic carbocycles. The van der Waals surface area contributed by atoms with Gasteiger partial charge >= 0.3 is 0 Å². The fourth-order valence-corrected chi connectivity index (χ4v) is 4.62. The molecule has 29 heavy (non-hydrogen) atoms. The first-order chi connectivity index (χ1) is 13.7. The zero-order chi connectivity index (χ0) is 21.6. The van der Waals surface area contributed by atoms with Gasteiger partial charge in [-0.3, -0.25) is 10.1 Å². The minimum atomic E-state index is -3.64. The van der Waals surface area contributed by atoms with E-state index in [1.165, 1.54) is 24.3 Å². The number of hydrogen-bond donors (Lipinski definition) is 2. The Morgan fingerprint density at radius 1 is 1.45 bits per heavy atom. The first-order valence-corrected chi connectivity index (χ1v) is 11.0. The highest BCUT2D eigenvalue weighted by Gasteiger charge is 2.23. The van der Waals surface area contributed by atoms with E-state index >= 15 is 0 Å². The van der Waals surface area contributed by atoms with Crippen LogP contribution in [0.1, 0.15) is 26.3 Å². The van der Waals surface area contributed by atoms with Crippen LogP contribution in [0.4, 0.5) is 5.13 Å². The number of nitriles is 1. The zero-order valence-electron chi connectivity index (χ0n) is 16.0. The van der Waals surface area contributed by atoms with Gasteiger partial charge in [-0.05, 0) is 36.6 Å². The van der Waals surface area contributed by atoms with Gasteiger partial charge in [0.15, 0.2) is 11.5 Å². The van der Waals surface area contributed by atoms with Gasteiger partial charge in [-0.2, -0.15) is 14.6 Å². The third kappa shape index (κ3) is 6.00. The Bertz CT molecular complexity index is 1070. The standard InChI is InChI=1S/C18H20N4O5S2/c1-4-27-15-8-12(5-6-14(15)23)7-13(9-19)16(24)20-17-21-18(22-28-17)29(25,26)10-11(2)3/h5-8,11,23H,4,10H2,1-3H3,(H,20,21,22,24). The second-order valence-corrected chi connectivity index (χ2v) is 9.02. The molecule has 0 saturated carbocycles. The fourth-order valence-electron chi connectivity index (χ4n) is 2.27. The highest BCUT2D eigenvalue weighted by Crippen LogP contribution is 2.28. The van der Waals surface area contributed by atoms with Crippen molar-refractivity contribution in [3.05, 3.63) is 29.3 Å². The second-order valence-electron chi connectivity index (χ2n) is 6.34. The van der Waals surface area contributed by atoms with E-state index in [-0.39, 0.29) is 39.0 Å². The Morgan fingerprint density at radius 3 is 2.79 bits per heavy atom. The van der Waals surface area contributed by atoms with E-state index in [9.17, 15) is 23.6 Å². The highest BCUT2D eigenvalue weighted by molar-refractivity contribution is 7.91. The van der Waals surface area contributed by atoms with Crippen molar-refractivity contribution in [2.24, 2.45) is 5.92 Å². The molecular formula is C18H20N4O5S2. The van der Waals surface area contributed by atoms with Gasteiger partial charge in [0.05, 0.1) is 12.4 Å². The summed E-state index contributed by atoms with van der Waals surface area (Å²) in [5.41, 5.74) is 0.232. The summed E-state index contributed by atoms with van der Waals surface area (Å²) in [7, 11) is -3.64. The van der Waals surface area contributed by atoms with Crippen molar-refractivity contribution < 1.29 is 23.1 Å². The Morgan fingerprint density at radius 2 is 2.17 bits per heavy atom. The first kappa shape index (κ1) is 22.3. The van der Waals surface area contributed by atoms with Gasteiger partial charge in [-0.25, -0.2) is 8.42 Å². The second kappa shape index (κ2) is 9.49. The van der Waals surface area contributed by atoms with E-state index < -0.39 is 15.7 Å². The topological polar surface area (TPSA) is 142 Å². The molecule has 0 spiro atoms. The molecule has 2 N–H and O–H groups in total. The smallest absolute Gasteiger partial charge is 0.268 e. The molecule has 2 rings (SSSR count). The van der Waals surface area contributed by atoms with Crippen LogP contribution in [0.5, 0.6) is 11.5 Å². The van der Waals surface area contributed by atoms with Crippen LogP contribution in [-0.4, -0.2) is 41.1 Å². The number of aromatic nitrogens is 2. The Kier molecular flexibility index (Phi) is 7.30. The molecular weight excluding hydrogens is 416 g/mol. The Labute approximate surface area is 172 Å². The van der Waals surface area contributed by atoms with E-state index in [1.54, 1.807) is 26.8 Å². The summed E-state index contributed by atoms with van der Waals surface area (Å²) in [4.78, 5) is 16.2. The number of sulfone groups is 1. The molecule has 0 bridgehead atoms. The number of ether oxygens (including phenoxy) is 1. The van der Waals surface area contributed by atoms with Crippen molar-refractivity contribution in [3.8, 4) is 17.6 Å². The van der Waals surface area contributed by atoms with Gasteiger partial charge in [0, 0.05) is 11.5 Å². The number of carbonyl (C=O) groups excluding carboxylic acids is 1. The molecule has 2 aromatic rings. The summed E-state index contributed by atoms with van der Waals surface area (Å²) < 4.78 is 33.4. The van der Waals surface area contributed by atoms with Gasteiger partial charge in [0.25, 0.3) is 11.1 Å². The maximum atomic E-state index is 12.4. The van der Waals surface area contributed by atoms with E-state index in [0.29, 0.717) is 23.7 Å². The molecule has 0 aliphatic heterocycles. The number of aromatic hydroxyl groups is 1. The molecule has 1 aromatic carbocycles. The Hall–Kier alpha value is -2.97. The number of amides is 1. The number of carbonyl (C=O) groups is 1. The zero-order valence-corrected chi connectivity index (χ0v) is 17.7. The lowest BCUT2D eigenvalue weighted by Crippen LogP contribution is -2.15. The van der Waals surface area contributed by atoms with Crippen molar-refractivity contribution in [1.82, 2.24) is 9.36 Å². The molecule has 9 nitrogen and oxygen atoms in total. The number of phenols is 1. The maximum absolute atomic E-state index is 12.4. The predicted octanol–water partition coefficient (Wildman–Crippen LogP) is 2.62. The van der Waals surface area contributed by atoms with Crippen LogP contribution in [0.3, 0.4) is 0 Å². The molecule has 11 heteroatoms. The molecule has 0 unspecified atom stereocenters. The van der Waals surface area contributed by atoms with Crippen LogP contribution in [-0.2, 0) is 14.6 Å². The number of anilines is 1. The predicted molar refractivity (Wildman–Crippen MR) is 108 cm³/mol. The number of phenolic OH excluding ortho intramolecular Hbond substituents is 1. The van der Waals surface area contributed by atoms with Gasteiger partial charge in [0.2, 0.25) is 15.0 Å². The number of nitrogens with zero attached hydrogens (tertiary/aromatic N) is 3. The summed E-state index contributed by atoms with van der Waals surface area (Å²) in [6.45, 7) is 5.62. The normalized spacial score (nSPS) is 11.9. The number of benzene rings is 1. The average Bonchev–Trinajstić information content (AvgIpc) is 3.10. The Balaban J connectivity index is 2.20. The van der Waals surface area contributed by atoms with Crippen LogP contribution in [0.2, 0.25) is 0 Å². The van der Waals surface area contributed by atoms with Crippen molar-refractivity contribution in [2.45, 2.75) is 25.9 Å². The lowest BCUT2D eigenvalue weighted by atomic mass is 10.1. The monoisotopic (exact) mass is 436 g/mol. The quantitative estimate of drug-likeness (QED) is 0.475. The molecule has 1 amide bonds. The molecule has 154 valence electrons. The fraction of sp³-hybridized carbons (Fsp3) is 0.333. The van der Waals surface area contributed by atoms with E-state index in [1.807, 2.05) is 0 Å². The van der Waals surface area contributed by atoms with Gasteiger partial charge in [-0.1, -0.05) is 19.9 Å². The lowest BCUT2D eigenvalue weighted by molar-refractivity contribution is -0.112. The van der Waals surface area contributed by atoms with Gasteiger partial charge in [0.1, 0.15) is 11.6 Å². The first-order valence-electron chi connectivity index (χ1n) is 8.61. The summed E-state index contributed by atoms with van der Waals surface area (Å²) in [5.74, 6) is -0.799. The van der Waals surface area contributed by atoms with Crippen molar-refractivity contribution >= 4 is 38.5 Å². The maximum Gasteiger partial charge on any atom is 0.268 e. The highest BCUT2D eigenvalue weighted by atomic mass is 32.2. The molecule has 1 heterocycles. The number of rotatable bonds is 8. The van der Waals surface area contributed by atoms with Gasteiger partial charge < -0.3 is 9.84 Å². The molecule has 0 aliphatic rings. The third-order valence-corrected chi connectivity index (χ3v) is 6.01. The summed E-state index contributed by atoms with van der Waals surface area (Å²) >= 11 is 0.715. The van der Waals surface area contributed by atoms with Crippen LogP contribution in [0.25, 0.3) is 6.08 Å². The van der Waals surface area contributed by atoms with Crippen LogP contribution in [0, 0.1) is 17.2 Å². The van der Waals surface area contributed by atoms with Crippen LogP contribution < -0.4 is 10.1 Å². The average molecular weight is 437 g/mol. The largest absolute Gasteiger partial charge is 0.504 e.